The fourth-order valence-electron chi connectivity index (χ4n) is 2.43. The molecule has 118 valence electrons. The highest BCUT2D eigenvalue weighted by atomic mass is 35.5. The molecule has 1 aromatic rings. The van der Waals surface area contributed by atoms with Crippen LogP contribution in [0.5, 0.6) is 0 Å². The van der Waals surface area contributed by atoms with Crippen molar-refractivity contribution in [1.82, 2.24) is 10.2 Å². The number of carbonyl (C=O) groups excluding carboxylic acids is 1. The zero-order valence-electron chi connectivity index (χ0n) is 13.3. The summed E-state index contributed by atoms with van der Waals surface area (Å²) in [6.07, 6.45) is 0.827. The third-order valence-corrected chi connectivity index (χ3v) is 3.62. The molecular weight excluding hydrogens is 286 g/mol. The van der Waals surface area contributed by atoms with Crippen LogP contribution in [-0.4, -0.2) is 36.5 Å². The second kappa shape index (κ2) is 8.37. The van der Waals surface area contributed by atoms with Crippen LogP contribution < -0.4 is 11.1 Å². The standard InChI is InChI=1S/C16H26ClN3O/c1-5-14(18)16(12-7-6-8-13(17)9-12)20(4)10-15(21)19-11(2)3/h6-9,11,14,16H,5,10,18H2,1-4H3,(H,19,21). The van der Waals surface area contributed by atoms with Gasteiger partial charge in [-0.25, -0.2) is 0 Å². The van der Waals surface area contributed by atoms with Crippen molar-refractivity contribution in [2.24, 2.45) is 5.73 Å². The molecule has 3 N–H and O–H groups in total. The number of benzene rings is 1. The van der Waals surface area contributed by atoms with Crippen molar-refractivity contribution < 1.29 is 4.79 Å². The molecule has 4 nitrogen and oxygen atoms in total. The summed E-state index contributed by atoms with van der Waals surface area (Å²) in [6.45, 7) is 6.25. The van der Waals surface area contributed by atoms with Gasteiger partial charge in [-0.15, -0.1) is 0 Å². The second-order valence-electron chi connectivity index (χ2n) is 5.71. The largest absolute Gasteiger partial charge is 0.353 e. The molecule has 0 aliphatic rings. The zero-order valence-corrected chi connectivity index (χ0v) is 14.0. The molecule has 0 bridgehead atoms. The third kappa shape index (κ3) is 5.65. The number of nitrogens with one attached hydrogen (secondary N) is 1. The SMILES string of the molecule is CCC(N)C(c1cccc(Cl)c1)N(C)CC(=O)NC(C)C. The van der Waals surface area contributed by atoms with Crippen molar-refractivity contribution in [3.63, 3.8) is 0 Å². The molecule has 0 saturated heterocycles. The number of carbonyl (C=O) groups is 1. The quantitative estimate of drug-likeness (QED) is 0.813. The molecule has 0 fully saturated rings. The molecule has 0 aliphatic heterocycles. The van der Waals surface area contributed by atoms with E-state index in [1.165, 1.54) is 0 Å². The first-order chi connectivity index (χ1) is 9.85. The van der Waals surface area contributed by atoms with Crippen molar-refractivity contribution >= 4 is 17.5 Å². The molecule has 0 radical (unpaired) electrons. The lowest BCUT2D eigenvalue weighted by Gasteiger charge is -2.32. The maximum absolute atomic E-state index is 12.0. The highest BCUT2D eigenvalue weighted by Gasteiger charge is 2.24. The molecule has 5 heteroatoms. The summed E-state index contributed by atoms with van der Waals surface area (Å²) in [6, 6.07) is 7.71. The maximum atomic E-state index is 12.0. The molecule has 21 heavy (non-hydrogen) atoms. The second-order valence-corrected chi connectivity index (χ2v) is 6.15. The van der Waals surface area contributed by atoms with Gasteiger partial charge in [0.15, 0.2) is 0 Å². The van der Waals surface area contributed by atoms with E-state index in [0.717, 1.165) is 12.0 Å². The molecule has 0 aliphatic carbocycles. The lowest BCUT2D eigenvalue weighted by molar-refractivity contribution is -0.123. The van der Waals surface area contributed by atoms with E-state index >= 15 is 0 Å². The van der Waals surface area contributed by atoms with E-state index in [0.29, 0.717) is 11.6 Å². The minimum atomic E-state index is -0.0553. The summed E-state index contributed by atoms with van der Waals surface area (Å²) in [5, 5.41) is 3.58. The third-order valence-electron chi connectivity index (χ3n) is 3.38. The predicted octanol–water partition coefficient (Wildman–Crippen LogP) is 2.57. The lowest BCUT2D eigenvalue weighted by atomic mass is 9.96. The van der Waals surface area contributed by atoms with Gasteiger partial charge in [-0.1, -0.05) is 30.7 Å². The molecule has 0 saturated carbocycles. The van der Waals surface area contributed by atoms with Crippen molar-refractivity contribution in [2.45, 2.75) is 45.3 Å². The number of rotatable bonds is 7. The van der Waals surface area contributed by atoms with Gasteiger partial charge in [0.1, 0.15) is 0 Å². The Morgan fingerprint density at radius 3 is 2.62 bits per heavy atom. The first-order valence-electron chi connectivity index (χ1n) is 7.35. The van der Waals surface area contributed by atoms with Crippen LogP contribution in [0.15, 0.2) is 24.3 Å². The minimum absolute atomic E-state index is 0.00262. The summed E-state index contributed by atoms with van der Waals surface area (Å²) in [4.78, 5) is 13.9. The Morgan fingerprint density at radius 2 is 2.10 bits per heavy atom. The van der Waals surface area contributed by atoms with Crippen LogP contribution >= 0.6 is 11.6 Å². The lowest BCUT2D eigenvalue weighted by Crippen LogP contribution is -2.44. The van der Waals surface area contributed by atoms with Crippen molar-refractivity contribution in [2.75, 3.05) is 13.6 Å². The van der Waals surface area contributed by atoms with Crippen LogP contribution in [0.1, 0.15) is 38.8 Å². The fraction of sp³-hybridized carbons (Fsp3) is 0.562. The molecule has 1 aromatic carbocycles. The molecule has 2 unspecified atom stereocenters. The Balaban J connectivity index is 2.90. The predicted molar refractivity (Wildman–Crippen MR) is 88.4 cm³/mol. The molecule has 1 rings (SSSR count). The first-order valence-corrected chi connectivity index (χ1v) is 7.73. The molecule has 1 amide bonds. The van der Waals surface area contributed by atoms with E-state index in [1.807, 2.05) is 57.0 Å². The topological polar surface area (TPSA) is 58.4 Å². The van der Waals surface area contributed by atoms with Gasteiger partial charge < -0.3 is 11.1 Å². The van der Waals surface area contributed by atoms with E-state index in [9.17, 15) is 4.79 Å². The number of hydrogen-bond donors (Lipinski definition) is 2. The number of halogens is 1. The highest BCUT2D eigenvalue weighted by molar-refractivity contribution is 6.30. The van der Waals surface area contributed by atoms with E-state index in [4.69, 9.17) is 17.3 Å². The van der Waals surface area contributed by atoms with E-state index in [1.54, 1.807) is 0 Å². The van der Waals surface area contributed by atoms with Gasteiger partial charge in [0.2, 0.25) is 5.91 Å². The van der Waals surface area contributed by atoms with Gasteiger partial charge in [-0.3, -0.25) is 9.69 Å². The van der Waals surface area contributed by atoms with Crippen LogP contribution in [0.4, 0.5) is 0 Å². The smallest absolute Gasteiger partial charge is 0.234 e. The summed E-state index contributed by atoms with van der Waals surface area (Å²) < 4.78 is 0. The van der Waals surface area contributed by atoms with Crippen molar-refractivity contribution in [3.05, 3.63) is 34.9 Å². The van der Waals surface area contributed by atoms with Gasteiger partial charge >= 0.3 is 0 Å². The summed E-state index contributed by atoms with van der Waals surface area (Å²) >= 11 is 6.08. The molecule has 0 aromatic heterocycles. The Hall–Kier alpha value is -1.10. The first kappa shape index (κ1) is 18.0. The monoisotopic (exact) mass is 311 g/mol. The van der Waals surface area contributed by atoms with Crippen molar-refractivity contribution in [1.29, 1.82) is 0 Å². The number of nitrogens with zero attached hydrogens (tertiary/aromatic N) is 1. The van der Waals surface area contributed by atoms with Gasteiger partial charge in [0.25, 0.3) is 0 Å². The number of likely N-dealkylation sites (N-methyl/N-ethyl adjacent to an activating group) is 1. The number of nitrogens with two attached hydrogens (primary N) is 1. The summed E-state index contributed by atoms with van der Waals surface area (Å²) in [5.41, 5.74) is 7.30. The number of amides is 1. The van der Waals surface area contributed by atoms with E-state index in [-0.39, 0.29) is 24.0 Å². The highest BCUT2D eigenvalue weighted by Crippen LogP contribution is 2.25. The van der Waals surface area contributed by atoms with Crippen LogP contribution in [-0.2, 0) is 4.79 Å². The van der Waals surface area contributed by atoms with E-state index < -0.39 is 0 Å². The van der Waals surface area contributed by atoms with Gasteiger partial charge in [-0.05, 0) is 45.0 Å². The fourth-order valence-corrected chi connectivity index (χ4v) is 2.63. The van der Waals surface area contributed by atoms with Crippen LogP contribution in [0.2, 0.25) is 5.02 Å². The van der Waals surface area contributed by atoms with Crippen LogP contribution in [0.25, 0.3) is 0 Å². The van der Waals surface area contributed by atoms with Gasteiger partial charge in [0.05, 0.1) is 12.6 Å². The van der Waals surface area contributed by atoms with Crippen molar-refractivity contribution in [3.8, 4) is 0 Å². The Kier molecular flexibility index (Phi) is 7.15. The normalized spacial score (nSPS) is 14.3. The average molecular weight is 312 g/mol. The van der Waals surface area contributed by atoms with Gasteiger partial charge in [0, 0.05) is 17.1 Å². The van der Waals surface area contributed by atoms with Gasteiger partial charge in [-0.2, -0.15) is 0 Å². The van der Waals surface area contributed by atoms with Crippen LogP contribution in [0, 0.1) is 0 Å². The van der Waals surface area contributed by atoms with E-state index in [2.05, 4.69) is 5.32 Å². The Labute approximate surface area is 132 Å². The molecule has 0 heterocycles. The zero-order chi connectivity index (χ0) is 16.0. The molecule has 2 atom stereocenters. The average Bonchev–Trinajstić information content (AvgIpc) is 2.37. The van der Waals surface area contributed by atoms with Crippen LogP contribution in [0.3, 0.4) is 0 Å². The molecule has 0 spiro atoms. The molecular formula is C16H26ClN3O. The summed E-state index contributed by atoms with van der Waals surface area (Å²) in [7, 11) is 1.92. The maximum Gasteiger partial charge on any atom is 0.234 e. The Morgan fingerprint density at radius 1 is 1.43 bits per heavy atom. The number of hydrogen-bond acceptors (Lipinski definition) is 3. The minimum Gasteiger partial charge on any atom is -0.353 e. The Bertz CT molecular complexity index is 465. The summed E-state index contributed by atoms with van der Waals surface area (Å²) in [5.74, 6) is 0.00262.